The van der Waals surface area contributed by atoms with E-state index in [0.717, 1.165) is 30.7 Å². The largest absolute Gasteiger partial charge is 0.482 e. The van der Waals surface area contributed by atoms with E-state index in [1.807, 2.05) is 25.1 Å². The first kappa shape index (κ1) is 21.3. The lowest BCUT2D eigenvalue weighted by Crippen LogP contribution is -2.16. The van der Waals surface area contributed by atoms with Gasteiger partial charge in [0.2, 0.25) is 5.95 Å². The lowest BCUT2D eigenvalue weighted by molar-refractivity contribution is 0.376. The summed E-state index contributed by atoms with van der Waals surface area (Å²) >= 11 is 0. The number of nitrogens with zero attached hydrogens (tertiary/aromatic N) is 4. The minimum Gasteiger partial charge on any atom is -0.482 e. The first-order valence-corrected chi connectivity index (χ1v) is 9.74. The Balaban J connectivity index is 2.13. The van der Waals surface area contributed by atoms with Crippen molar-refractivity contribution < 1.29 is 4.74 Å². The van der Waals surface area contributed by atoms with E-state index in [2.05, 4.69) is 46.3 Å². The van der Waals surface area contributed by atoms with Crippen molar-refractivity contribution in [3.05, 3.63) is 42.1 Å². The van der Waals surface area contributed by atoms with Crippen molar-refractivity contribution in [2.45, 2.75) is 39.7 Å². The Morgan fingerprint density at radius 1 is 1.29 bits per heavy atom. The number of aliphatic imine (C=N–C) groups is 2. The molecule has 0 saturated heterocycles. The molecule has 0 aliphatic rings. The Morgan fingerprint density at radius 3 is 2.79 bits per heavy atom. The van der Waals surface area contributed by atoms with Gasteiger partial charge in [-0.2, -0.15) is 4.98 Å². The van der Waals surface area contributed by atoms with Crippen LogP contribution in [-0.2, 0) is 0 Å². The van der Waals surface area contributed by atoms with Crippen LogP contribution in [0.5, 0.6) is 5.75 Å². The highest BCUT2D eigenvalue weighted by Crippen LogP contribution is 2.22. The maximum Gasteiger partial charge on any atom is 0.222 e. The Labute approximate surface area is 167 Å². The predicted molar refractivity (Wildman–Crippen MR) is 117 cm³/mol. The minimum absolute atomic E-state index is 0.00734. The molecule has 1 unspecified atom stereocenters. The Morgan fingerprint density at radius 2 is 2.07 bits per heavy atom. The smallest absolute Gasteiger partial charge is 0.222 e. The van der Waals surface area contributed by atoms with E-state index in [-0.39, 0.29) is 18.6 Å². The van der Waals surface area contributed by atoms with Gasteiger partial charge in [-0.25, -0.2) is 4.98 Å². The molecule has 28 heavy (non-hydrogen) atoms. The molecule has 150 valence electrons. The number of hydrogen-bond acceptors (Lipinski definition) is 7. The summed E-state index contributed by atoms with van der Waals surface area (Å²) in [6, 6.07) is 10.2. The van der Waals surface area contributed by atoms with Gasteiger partial charge in [-0.05, 0) is 25.8 Å². The molecule has 0 spiro atoms. The first-order valence-electron chi connectivity index (χ1n) is 9.74. The van der Waals surface area contributed by atoms with Gasteiger partial charge in [0.1, 0.15) is 6.61 Å². The molecule has 2 aromatic rings. The van der Waals surface area contributed by atoms with Crippen LogP contribution in [0.25, 0.3) is 0 Å². The van der Waals surface area contributed by atoms with Gasteiger partial charge in [0, 0.05) is 19.3 Å². The quantitative estimate of drug-likeness (QED) is 0.453. The number of anilines is 2. The minimum atomic E-state index is 0.00734. The maximum absolute atomic E-state index is 5.95. The topological polar surface area (TPSA) is 97.8 Å². The zero-order valence-electron chi connectivity index (χ0n) is 16.9. The molecule has 2 rings (SSSR count). The third-order valence-electron chi connectivity index (χ3n) is 4.04. The highest BCUT2D eigenvalue weighted by Gasteiger charge is 2.10. The highest BCUT2D eigenvalue weighted by atomic mass is 16.5. The molecule has 0 aliphatic carbocycles. The fourth-order valence-corrected chi connectivity index (χ4v) is 2.51. The van der Waals surface area contributed by atoms with E-state index in [4.69, 9.17) is 15.5 Å². The summed E-state index contributed by atoms with van der Waals surface area (Å²) in [4.78, 5) is 17.4. The Bertz CT molecular complexity index is 776. The van der Waals surface area contributed by atoms with Crippen LogP contribution in [0.3, 0.4) is 0 Å². The number of aromatic nitrogens is 2. The van der Waals surface area contributed by atoms with Gasteiger partial charge < -0.3 is 15.8 Å². The van der Waals surface area contributed by atoms with Crippen LogP contribution < -0.4 is 15.8 Å². The molecule has 0 amide bonds. The van der Waals surface area contributed by atoms with E-state index in [1.165, 1.54) is 0 Å². The molecule has 1 aromatic carbocycles. The third-order valence-corrected chi connectivity index (χ3v) is 4.04. The lowest BCUT2D eigenvalue weighted by atomic mass is 10.1. The van der Waals surface area contributed by atoms with E-state index in [1.54, 1.807) is 12.4 Å². The van der Waals surface area contributed by atoms with E-state index in [9.17, 15) is 0 Å². The maximum atomic E-state index is 5.95. The predicted octanol–water partition coefficient (Wildman–Crippen LogP) is 3.94. The van der Waals surface area contributed by atoms with Crippen LogP contribution in [0, 0.1) is 0 Å². The molecule has 3 N–H and O–H groups in total. The molecular formula is C21H30N6O. The molecule has 1 heterocycles. The van der Waals surface area contributed by atoms with Crippen LogP contribution in [-0.4, -0.2) is 41.6 Å². The van der Waals surface area contributed by atoms with Crippen molar-refractivity contribution in [3.8, 4) is 5.75 Å². The molecule has 7 nitrogen and oxygen atoms in total. The van der Waals surface area contributed by atoms with Crippen molar-refractivity contribution in [3.63, 3.8) is 0 Å². The molecule has 0 aliphatic heterocycles. The summed E-state index contributed by atoms with van der Waals surface area (Å²) in [5.41, 5.74) is 7.62. The summed E-state index contributed by atoms with van der Waals surface area (Å²) in [7, 11) is 0. The van der Waals surface area contributed by atoms with E-state index < -0.39 is 0 Å². The second-order valence-electron chi connectivity index (χ2n) is 6.35. The number of ether oxygens (including phenoxy) is 1. The summed E-state index contributed by atoms with van der Waals surface area (Å²) in [6.07, 6.45) is 5.48. The van der Waals surface area contributed by atoms with Crippen molar-refractivity contribution in [1.29, 1.82) is 0 Å². The molecule has 1 atom stereocenters. The number of unbranched alkanes of at least 4 members (excludes halogenated alkanes) is 1. The summed E-state index contributed by atoms with van der Waals surface area (Å²) in [5, 5.41) is 3.26. The monoisotopic (exact) mass is 382 g/mol. The molecule has 0 radical (unpaired) electrons. The zero-order chi connectivity index (χ0) is 20.2. The average Bonchev–Trinajstić information content (AvgIpc) is 2.71. The molecule has 0 fully saturated rings. The van der Waals surface area contributed by atoms with Gasteiger partial charge in [0.15, 0.2) is 11.6 Å². The zero-order valence-corrected chi connectivity index (χ0v) is 16.9. The number of benzene rings is 1. The van der Waals surface area contributed by atoms with Gasteiger partial charge in [-0.15, -0.1) is 0 Å². The normalized spacial score (nSPS) is 12.9. The highest BCUT2D eigenvalue weighted by molar-refractivity contribution is 6.31. The molecule has 0 bridgehead atoms. The van der Waals surface area contributed by atoms with Crippen molar-refractivity contribution in [1.82, 2.24) is 9.97 Å². The molecule has 7 heteroatoms. The van der Waals surface area contributed by atoms with Gasteiger partial charge in [-0.1, -0.05) is 43.7 Å². The van der Waals surface area contributed by atoms with Crippen molar-refractivity contribution in [2.75, 3.05) is 30.7 Å². The van der Waals surface area contributed by atoms with Gasteiger partial charge in [0.05, 0.1) is 18.0 Å². The summed E-state index contributed by atoms with van der Waals surface area (Å²) in [5.74, 6) is 1.37. The Hall–Kier alpha value is -2.96. The molecular weight excluding hydrogens is 352 g/mol. The van der Waals surface area contributed by atoms with Crippen molar-refractivity contribution >= 4 is 23.7 Å². The van der Waals surface area contributed by atoms with Gasteiger partial charge in [0.25, 0.3) is 0 Å². The van der Waals surface area contributed by atoms with Crippen molar-refractivity contribution in [2.24, 2.45) is 9.98 Å². The fourth-order valence-electron chi connectivity index (χ4n) is 2.51. The number of hydrogen-bond donors (Lipinski definition) is 2. The van der Waals surface area contributed by atoms with Gasteiger partial charge >= 0.3 is 0 Å². The SMILES string of the molecule is CCCCNc1nc(N)ncc1OCC(C=NCC)=NC(C)c1ccccc1. The number of rotatable bonds is 11. The van der Waals surface area contributed by atoms with E-state index >= 15 is 0 Å². The van der Waals surface area contributed by atoms with Gasteiger partial charge in [-0.3, -0.25) is 9.98 Å². The third kappa shape index (κ3) is 6.98. The lowest BCUT2D eigenvalue weighted by Gasteiger charge is -2.13. The Kier molecular flexibility index (Phi) is 8.91. The van der Waals surface area contributed by atoms with Crippen LogP contribution in [0.15, 0.2) is 46.5 Å². The summed E-state index contributed by atoms with van der Waals surface area (Å²) in [6.45, 7) is 7.94. The molecule has 1 aromatic heterocycles. The second kappa shape index (κ2) is 11.7. The number of nitrogen functional groups attached to an aromatic ring is 1. The summed E-state index contributed by atoms with van der Waals surface area (Å²) < 4.78 is 5.95. The van der Waals surface area contributed by atoms with E-state index in [0.29, 0.717) is 18.1 Å². The number of nitrogens with one attached hydrogen (secondary N) is 1. The fraction of sp³-hybridized carbons (Fsp3) is 0.429. The number of nitrogens with two attached hydrogens (primary N) is 1. The van der Waals surface area contributed by atoms with Crippen LogP contribution in [0.2, 0.25) is 0 Å². The van der Waals surface area contributed by atoms with Crippen LogP contribution >= 0.6 is 0 Å². The first-order chi connectivity index (χ1) is 13.6. The second-order valence-corrected chi connectivity index (χ2v) is 6.35. The van der Waals surface area contributed by atoms with Crippen LogP contribution in [0.1, 0.15) is 45.2 Å². The molecule has 0 saturated carbocycles. The van der Waals surface area contributed by atoms with Crippen LogP contribution in [0.4, 0.5) is 11.8 Å². The average molecular weight is 383 g/mol. The standard InChI is InChI=1S/C21H30N6O/c1-4-6-12-24-20-19(14-25-21(22)27-20)28-15-18(13-23-5-2)26-16(3)17-10-8-7-9-11-17/h7-11,13-14,16H,4-6,12,15H2,1-3H3,(H3,22,24,25,27).